The lowest BCUT2D eigenvalue weighted by atomic mass is 10.0. The van der Waals surface area contributed by atoms with E-state index in [1.54, 1.807) is 0 Å². The summed E-state index contributed by atoms with van der Waals surface area (Å²) in [6.07, 6.45) is 6.99. The fourth-order valence-corrected chi connectivity index (χ4v) is 3.34. The molecule has 1 aromatic heterocycles. The maximum atomic E-state index is 10.3. The number of β-amino-alcohol motifs (C(OH)–C–C–N with tert-alkyl or cyclic N) is 1. The molecule has 0 unspecified atom stereocenters. The molecule has 3 rings (SSSR count). The molecule has 5 nitrogen and oxygen atoms in total. The molecule has 0 radical (unpaired) electrons. The molecule has 1 N–H and O–H groups in total. The van der Waals surface area contributed by atoms with Gasteiger partial charge in [0.2, 0.25) is 0 Å². The number of aromatic nitrogens is 2. The van der Waals surface area contributed by atoms with Crippen molar-refractivity contribution in [2.45, 2.75) is 44.6 Å². The predicted octanol–water partition coefficient (Wildman–Crippen LogP) is 2.32. The summed E-state index contributed by atoms with van der Waals surface area (Å²) in [7, 11) is 0. The molecule has 1 saturated heterocycles. The van der Waals surface area contributed by atoms with Crippen LogP contribution in [-0.4, -0.2) is 51.6 Å². The van der Waals surface area contributed by atoms with Crippen LogP contribution in [0, 0.1) is 0 Å². The summed E-state index contributed by atoms with van der Waals surface area (Å²) in [4.78, 5) is 2.39. The van der Waals surface area contributed by atoms with Gasteiger partial charge in [-0.25, -0.2) is 0 Å². The van der Waals surface area contributed by atoms with E-state index < -0.39 is 6.10 Å². The molecule has 2 heterocycles. The molecule has 130 valence electrons. The van der Waals surface area contributed by atoms with Crippen LogP contribution < -0.4 is 0 Å². The molecule has 0 spiro atoms. The third-order valence-corrected chi connectivity index (χ3v) is 4.57. The van der Waals surface area contributed by atoms with Crippen molar-refractivity contribution in [3.8, 4) is 0 Å². The first-order valence-corrected chi connectivity index (χ1v) is 8.82. The van der Waals surface area contributed by atoms with E-state index in [9.17, 15) is 5.11 Å². The monoisotopic (exact) mass is 329 g/mol. The van der Waals surface area contributed by atoms with Gasteiger partial charge in [-0.05, 0) is 31.0 Å². The minimum Gasteiger partial charge on any atom is -0.389 e. The van der Waals surface area contributed by atoms with E-state index in [4.69, 9.17) is 4.74 Å². The standard InChI is InChI=1S/C19H27N3O2/c23-19(16-24-15-17-7-2-1-3-8-17)14-21-11-5-4-9-18(21)13-22-12-6-10-20-22/h1-3,6-8,10,12,18-19,23H,4-5,9,11,13-16H2/t18-,19-/m0/s1. The van der Waals surface area contributed by atoms with Crippen LogP contribution in [-0.2, 0) is 17.9 Å². The van der Waals surface area contributed by atoms with Gasteiger partial charge in [0.05, 0.1) is 25.9 Å². The Morgan fingerprint density at radius 3 is 2.88 bits per heavy atom. The van der Waals surface area contributed by atoms with Gasteiger partial charge in [-0.2, -0.15) is 5.10 Å². The number of hydrogen-bond donors (Lipinski definition) is 1. The van der Waals surface area contributed by atoms with E-state index in [1.165, 1.54) is 12.8 Å². The highest BCUT2D eigenvalue weighted by molar-refractivity contribution is 5.13. The molecule has 5 heteroatoms. The lowest BCUT2D eigenvalue weighted by molar-refractivity contribution is -0.00570. The molecule has 0 saturated carbocycles. The average Bonchev–Trinajstić information content (AvgIpc) is 3.11. The molecule has 1 aliphatic heterocycles. The van der Waals surface area contributed by atoms with Crippen molar-refractivity contribution >= 4 is 0 Å². The van der Waals surface area contributed by atoms with Gasteiger partial charge >= 0.3 is 0 Å². The second-order valence-electron chi connectivity index (χ2n) is 6.53. The van der Waals surface area contributed by atoms with Gasteiger partial charge in [0.15, 0.2) is 0 Å². The van der Waals surface area contributed by atoms with Crippen molar-refractivity contribution in [2.24, 2.45) is 0 Å². The van der Waals surface area contributed by atoms with Crippen LogP contribution >= 0.6 is 0 Å². The summed E-state index contributed by atoms with van der Waals surface area (Å²) in [6.45, 7) is 3.53. The molecule has 0 aliphatic carbocycles. The first kappa shape index (κ1) is 17.1. The van der Waals surface area contributed by atoms with Crippen LogP contribution in [0.5, 0.6) is 0 Å². The topological polar surface area (TPSA) is 50.5 Å². The number of rotatable bonds is 8. The van der Waals surface area contributed by atoms with Crippen LogP contribution in [0.25, 0.3) is 0 Å². The Bertz CT molecular complexity index is 574. The molecule has 24 heavy (non-hydrogen) atoms. The van der Waals surface area contributed by atoms with Gasteiger partial charge in [0, 0.05) is 25.0 Å². The second kappa shape index (κ2) is 8.97. The van der Waals surface area contributed by atoms with Crippen molar-refractivity contribution in [3.05, 3.63) is 54.4 Å². The summed E-state index contributed by atoms with van der Waals surface area (Å²) < 4.78 is 7.66. The van der Waals surface area contributed by atoms with Crippen LogP contribution in [0.2, 0.25) is 0 Å². The van der Waals surface area contributed by atoms with E-state index in [-0.39, 0.29) is 0 Å². The Hall–Kier alpha value is -1.69. The summed E-state index contributed by atoms with van der Waals surface area (Å²) in [5.41, 5.74) is 1.14. The lowest BCUT2D eigenvalue weighted by Crippen LogP contribution is -2.46. The summed E-state index contributed by atoms with van der Waals surface area (Å²) in [5.74, 6) is 0. The largest absolute Gasteiger partial charge is 0.389 e. The Kier molecular flexibility index (Phi) is 6.41. The number of piperidine rings is 1. The number of likely N-dealkylation sites (tertiary alicyclic amines) is 1. The highest BCUT2D eigenvalue weighted by Gasteiger charge is 2.24. The number of aliphatic hydroxyl groups excluding tert-OH is 1. The maximum Gasteiger partial charge on any atom is 0.0900 e. The van der Waals surface area contributed by atoms with Gasteiger partial charge in [-0.3, -0.25) is 9.58 Å². The molecule has 2 aromatic rings. The van der Waals surface area contributed by atoms with E-state index in [2.05, 4.69) is 10.00 Å². The van der Waals surface area contributed by atoms with E-state index in [0.717, 1.165) is 25.1 Å². The third kappa shape index (κ3) is 5.16. The van der Waals surface area contributed by atoms with Crippen molar-refractivity contribution in [3.63, 3.8) is 0 Å². The smallest absolute Gasteiger partial charge is 0.0900 e. The number of ether oxygens (including phenoxy) is 1. The quantitative estimate of drug-likeness (QED) is 0.807. The molecule has 0 bridgehead atoms. The Morgan fingerprint density at radius 1 is 1.21 bits per heavy atom. The Balaban J connectivity index is 1.44. The molecule has 1 aliphatic rings. The molecule has 1 aromatic carbocycles. The van der Waals surface area contributed by atoms with Gasteiger partial charge in [0.25, 0.3) is 0 Å². The fourth-order valence-electron chi connectivity index (χ4n) is 3.34. The summed E-state index contributed by atoms with van der Waals surface area (Å²) in [5, 5.41) is 14.6. The van der Waals surface area contributed by atoms with Crippen molar-refractivity contribution in [2.75, 3.05) is 19.7 Å². The second-order valence-corrected chi connectivity index (χ2v) is 6.53. The van der Waals surface area contributed by atoms with Gasteiger partial charge in [-0.1, -0.05) is 36.8 Å². The van der Waals surface area contributed by atoms with Crippen LogP contribution in [0.4, 0.5) is 0 Å². The van der Waals surface area contributed by atoms with Crippen LogP contribution in [0.3, 0.4) is 0 Å². The maximum absolute atomic E-state index is 10.3. The zero-order valence-electron chi connectivity index (χ0n) is 14.1. The third-order valence-electron chi connectivity index (χ3n) is 4.57. The summed E-state index contributed by atoms with van der Waals surface area (Å²) in [6, 6.07) is 12.5. The first-order valence-electron chi connectivity index (χ1n) is 8.82. The highest BCUT2D eigenvalue weighted by atomic mass is 16.5. The molecular formula is C19H27N3O2. The number of aliphatic hydroxyl groups is 1. The molecule has 1 fully saturated rings. The zero-order chi connectivity index (χ0) is 16.6. The number of benzene rings is 1. The fraction of sp³-hybridized carbons (Fsp3) is 0.526. The molecular weight excluding hydrogens is 302 g/mol. The minimum absolute atomic E-state index is 0.375. The van der Waals surface area contributed by atoms with E-state index in [0.29, 0.717) is 25.8 Å². The van der Waals surface area contributed by atoms with E-state index >= 15 is 0 Å². The average molecular weight is 329 g/mol. The van der Waals surface area contributed by atoms with Crippen molar-refractivity contribution in [1.29, 1.82) is 0 Å². The number of hydrogen-bond acceptors (Lipinski definition) is 4. The van der Waals surface area contributed by atoms with E-state index in [1.807, 2.05) is 53.5 Å². The van der Waals surface area contributed by atoms with Gasteiger partial charge in [-0.15, -0.1) is 0 Å². The normalized spacial score (nSPS) is 20.1. The Labute approximate surface area is 143 Å². The van der Waals surface area contributed by atoms with Crippen LogP contribution in [0.1, 0.15) is 24.8 Å². The van der Waals surface area contributed by atoms with Gasteiger partial charge in [0.1, 0.15) is 0 Å². The van der Waals surface area contributed by atoms with Crippen molar-refractivity contribution in [1.82, 2.24) is 14.7 Å². The van der Waals surface area contributed by atoms with Crippen LogP contribution in [0.15, 0.2) is 48.8 Å². The summed E-state index contributed by atoms with van der Waals surface area (Å²) >= 11 is 0. The first-order chi connectivity index (χ1) is 11.8. The SMILES string of the molecule is O[C@H](COCc1ccccc1)CN1CCCC[C@H]1Cn1cccn1. The van der Waals surface area contributed by atoms with Crippen molar-refractivity contribution < 1.29 is 9.84 Å². The number of nitrogens with zero attached hydrogens (tertiary/aromatic N) is 3. The highest BCUT2D eigenvalue weighted by Crippen LogP contribution is 2.18. The predicted molar refractivity (Wildman–Crippen MR) is 93.5 cm³/mol. The molecule has 2 atom stereocenters. The lowest BCUT2D eigenvalue weighted by Gasteiger charge is -2.36. The van der Waals surface area contributed by atoms with Gasteiger partial charge < -0.3 is 9.84 Å². The zero-order valence-corrected chi connectivity index (χ0v) is 14.1. The minimum atomic E-state index is -0.452. The molecule has 0 amide bonds. The Morgan fingerprint density at radius 2 is 2.08 bits per heavy atom.